The van der Waals surface area contributed by atoms with Crippen molar-refractivity contribution in [2.24, 2.45) is 0 Å². The van der Waals surface area contributed by atoms with E-state index in [1.165, 1.54) is 11.1 Å². The van der Waals surface area contributed by atoms with Crippen LogP contribution in [0.2, 0.25) is 0 Å². The average Bonchev–Trinajstić information content (AvgIpc) is 2.73. The largest absolute Gasteiger partial charge is 0.398 e. The number of nitrogen functional groups attached to an aromatic ring is 1. The smallest absolute Gasteiger partial charge is 0.0798 e. The van der Waals surface area contributed by atoms with E-state index in [-0.39, 0.29) is 6.04 Å². The molecule has 2 N–H and O–H groups in total. The highest BCUT2D eigenvalue weighted by molar-refractivity contribution is 8.00. The Labute approximate surface area is 176 Å². The molecule has 28 heavy (non-hydrogen) atoms. The first-order valence-corrected chi connectivity index (χ1v) is 10.9. The van der Waals surface area contributed by atoms with Gasteiger partial charge < -0.3 is 10.6 Å². The number of hydrogen-bond donors (Lipinski definition) is 1. The Hall–Kier alpha value is -2.30. The molecule has 0 amide bonds. The number of benzene rings is 3. The number of piperidine rings is 1. The van der Waals surface area contributed by atoms with Crippen molar-refractivity contribution in [2.75, 3.05) is 5.73 Å². The first-order chi connectivity index (χ1) is 13.7. The van der Waals surface area contributed by atoms with Gasteiger partial charge in [-0.15, -0.1) is 11.8 Å². The summed E-state index contributed by atoms with van der Waals surface area (Å²) < 4.78 is 0. The quantitative estimate of drug-likeness (QED) is 0.411. The maximum atomic E-state index is 6.18. The molecule has 1 aliphatic heterocycles. The van der Waals surface area contributed by atoms with Crippen molar-refractivity contribution in [3.05, 3.63) is 96.1 Å². The van der Waals surface area contributed by atoms with Crippen molar-refractivity contribution in [1.29, 1.82) is 0 Å². The molecule has 3 aromatic rings. The van der Waals surface area contributed by atoms with Gasteiger partial charge >= 0.3 is 0 Å². The molecule has 4 heteroatoms. The molecule has 1 fully saturated rings. The zero-order valence-corrected chi connectivity index (χ0v) is 17.3. The summed E-state index contributed by atoms with van der Waals surface area (Å²) in [6.07, 6.45) is 1.96. The Morgan fingerprint density at radius 3 is 2.25 bits per heavy atom. The summed E-state index contributed by atoms with van der Waals surface area (Å²) in [6, 6.07) is 29.7. The second-order valence-corrected chi connectivity index (χ2v) is 8.96. The lowest BCUT2D eigenvalue weighted by molar-refractivity contribution is 0.270. The summed E-state index contributed by atoms with van der Waals surface area (Å²) in [5, 5.41) is 0.425. The number of likely N-dealkylation sites (tertiary alicyclic amines) is 1. The predicted octanol–water partition coefficient (Wildman–Crippen LogP) is 6.09. The molecule has 1 heterocycles. The highest BCUT2D eigenvalue weighted by atomic mass is 32.2. The monoisotopic (exact) mass is 404 g/mol. The van der Waals surface area contributed by atoms with Gasteiger partial charge in [-0.3, -0.25) is 0 Å². The molecule has 4 rings (SSSR count). The lowest BCUT2D eigenvalue weighted by atomic mass is 9.94. The van der Waals surface area contributed by atoms with Crippen LogP contribution < -0.4 is 5.73 Å². The second-order valence-electron chi connectivity index (χ2n) is 7.15. The van der Waals surface area contributed by atoms with Crippen LogP contribution in [0.25, 0.3) is 0 Å². The topological polar surface area (TPSA) is 29.3 Å². The standard InChI is InChI=1S/C24H24N2S2/c25-21-13-7-8-14-23(21)28-20-15-22(19-11-5-2-6-12-19)26(24(27)16-20)17-18-9-3-1-4-10-18/h1-14,20,22H,15-17,25H2/t20-,22+/m1/s1. The average molecular weight is 405 g/mol. The number of rotatable bonds is 5. The van der Waals surface area contributed by atoms with Crippen LogP contribution >= 0.6 is 24.0 Å². The van der Waals surface area contributed by atoms with Gasteiger partial charge in [-0.05, 0) is 29.7 Å². The summed E-state index contributed by atoms with van der Waals surface area (Å²) in [5.74, 6) is 0. The molecule has 2 nitrogen and oxygen atoms in total. The fourth-order valence-corrected chi connectivity index (χ4v) is 5.51. The minimum atomic E-state index is 0.282. The van der Waals surface area contributed by atoms with Crippen LogP contribution in [0, 0.1) is 0 Å². The van der Waals surface area contributed by atoms with Gasteiger partial charge in [-0.25, -0.2) is 0 Å². The predicted molar refractivity (Wildman–Crippen MR) is 123 cm³/mol. The van der Waals surface area contributed by atoms with Crippen LogP contribution in [0.5, 0.6) is 0 Å². The van der Waals surface area contributed by atoms with Crippen molar-refractivity contribution in [2.45, 2.75) is 35.6 Å². The minimum absolute atomic E-state index is 0.282. The Kier molecular flexibility index (Phi) is 5.98. The number of para-hydroxylation sites is 1. The molecule has 0 saturated carbocycles. The van der Waals surface area contributed by atoms with Gasteiger partial charge in [0.05, 0.1) is 11.0 Å². The summed E-state index contributed by atoms with van der Waals surface area (Å²) in [7, 11) is 0. The number of anilines is 1. The molecule has 3 aromatic carbocycles. The molecular weight excluding hydrogens is 380 g/mol. The highest BCUT2D eigenvalue weighted by Gasteiger charge is 2.33. The van der Waals surface area contributed by atoms with Crippen LogP contribution in [0.1, 0.15) is 30.0 Å². The van der Waals surface area contributed by atoms with E-state index in [1.807, 2.05) is 23.9 Å². The molecule has 1 aliphatic rings. The number of thioether (sulfide) groups is 1. The lowest BCUT2D eigenvalue weighted by Crippen LogP contribution is -2.40. The first-order valence-electron chi connectivity index (χ1n) is 9.60. The molecule has 0 aliphatic carbocycles. The van der Waals surface area contributed by atoms with E-state index in [0.29, 0.717) is 5.25 Å². The van der Waals surface area contributed by atoms with Crippen LogP contribution in [-0.4, -0.2) is 15.1 Å². The third kappa shape index (κ3) is 4.40. The van der Waals surface area contributed by atoms with Crippen molar-refractivity contribution in [3.8, 4) is 0 Å². The maximum absolute atomic E-state index is 6.18. The second kappa shape index (κ2) is 8.80. The summed E-state index contributed by atoms with van der Waals surface area (Å²) in [4.78, 5) is 4.60. The fourth-order valence-electron chi connectivity index (χ4n) is 3.77. The molecule has 0 radical (unpaired) electrons. The van der Waals surface area contributed by atoms with E-state index in [4.69, 9.17) is 18.0 Å². The lowest BCUT2D eigenvalue weighted by Gasteiger charge is -2.41. The van der Waals surface area contributed by atoms with Crippen LogP contribution in [0.3, 0.4) is 0 Å². The summed E-state index contributed by atoms with van der Waals surface area (Å²) >= 11 is 7.77. The molecule has 1 saturated heterocycles. The van der Waals surface area contributed by atoms with Gasteiger partial charge in [0.2, 0.25) is 0 Å². The van der Waals surface area contributed by atoms with Crippen LogP contribution in [-0.2, 0) is 6.54 Å². The maximum Gasteiger partial charge on any atom is 0.0798 e. The molecule has 0 bridgehead atoms. The van der Waals surface area contributed by atoms with Crippen molar-refractivity contribution >= 4 is 34.7 Å². The highest BCUT2D eigenvalue weighted by Crippen LogP contribution is 2.41. The number of thiocarbonyl (C=S) groups is 1. The van der Waals surface area contributed by atoms with Crippen LogP contribution in [0.15, 0.2) is 89.8 Å². The van der Waals surface area contributed by atoms with E-state index < -0.39 is 0 Å². The Bertz CT molecular complexity index is 928. The molecule has 0 spiro atoms. The van der Waals surface area contributed by atoms with E-state index in [9.17, 15) is 0 Å². The first kappa shape index (κ1) is 19.0. The van der Waals surface area contributed by atoms with Gasteiger partial charge in [-0.1, -0.05) is 85.0 Å². The zero-order chi connectivity index (χ0) is 19.3. The summed E-state index contributed by atoms with van der Waals surface area (Å²) in [6.45, 7) is 0.851. The van der Waals surface area contributed by atoms with E-state index in [2.05, 4.69) is 77.7 Å². The normalized spacial score (nSPS) is 19.6. The Balaban J connectivity index is 1.59. The molecule has 0 unspecified atom stereocenters. The third-order valence-corrected chi connectivity index (χ3v) is 6.90. The number of nitrogens with zero attached hydrogens (tertiary/aromatic N) is 1. The van der Waals surface area contributed by atoms with Gasteiger partial charge in [0.15, 0.2) is 0 Å². The van der Waals surface area contributed by atoms with Gasteiger partial charge in [0, 0.05) is 28.8 Å². The molecular formula is C24H24N2S2. The Morgan fingerprint density at radius 2 is 1.54 bits per heavy atom. The Morgan fingerprint density at radius 1 is 0.893 bits per heavy atom. The van der Waals surface area contributed by atoms with Gasteiger partial charge in [-0.2, -0.15) is 0 Å². The molecule has 2 atom stereocenters. The van der Waals surface area contributed by atoms with Crippen molar-refractivity contribution in [3.63, 3.8) is 0 Å². The minimum Gasteiger partial charge on any atom is -0.398 e. The van der Waals surface area contributed by atoms with Gasteiger partial charge in [0.25, 0.3) is 0 Å². The van der Waals surface area contributed by atoms with Gasteiger partial charge in [0.1, 0.15) is 0 Å². The molecule has 0 aromatic heterocycles. The van der Waals surface area contributed by atoms with E-state index >= 15 is 0 Å². The fraction of sp³-hybridized carbons (Fsp3) is 0.208. The summed E-state index contributed by atoms with van der Waals surface area (Å²) in [5.41, 5.74) is 9.65. The molecule has 142 valence electrons. The van der Waals surface area contributed by atoms with E-state index in [1.54, 1.807) is 0 Å². The third-order valence-electron chi connectivity index (χ3n) is 5.18. The van der Waals surface area contributed by atoms with Crippen molar-refractivity contribution in [1.82, 2.24) is 4.90 Å². The van der Waals surface area contributed by atoms with Crippen molar-refractivity contribution < 1.29 is 0 Å². The number of nitrogens with two attached hydrogens (primary N) is 1. The van der Waals surface area contributed by atoms with E-state index in [0.717, 1.165) is 35.0 Å². The number of hydrogen-bond acceptors (Lipinski definition) is 3. The SMILES string of the molecule is Nc1ccccc1S[C@H]1CC(=S)N(Cc2ccccc2)[C@H](c2ccccc2)C1. The van der Waals surface area contributed by atoms with Crippen LogP contribution in [0.4, 0.5) is 5.69 Å². The zero-order valence-electron chi connectivity index (χ0n) is 15.7.